The Hall–Kier alpha value is -1.68. The second kappa shape index (κ2) is 6.39. The summed E-state index contributed by atoms with van der Waals surface area (Å²) in [5.74, 6) is 1.83. The SMILES string of the molecule is CCc1ccc(-c2noc(C3CCCCC3NC)n2)cc1. The smallest absolute Gasteiger partial charge is 0.231 e. The molecule has 1 aliphatic rings. The topological polar surface area (TPSA) is 51.0 Å². The molecule has 3 rings (SSSR count). The van der Waals surface area contributed by atoms with Gasteiger partial charge in [0.25, 0.3) is 0 Å². The summed E-state index contributed by atoms with van der Waals surface area (Å²) < 4.78 is 5.55. The summed E-state index contributed by atoms with van der Waals surface area (Å²) in [5, 5.41) is 7.56. The molecule has 0 saturated heterocycles. The minimum absolute atomic E-state index is 0.347. The van der Waals surface area contributed by atoms with E-state index in [1.165, 1.54) is 24.8 Å². The van der Waals surface area contributed by atoms with Crippen molar-refractivity contribution >= 4 is 0 Å². The number of nitrogens with one attached hydrogen (secondary N) is 1. The van der Waals surface area contributed by atoms with E-state index in [1.54, 1.807) is 0 Å². The summed E-state index contributed by atoms with van der Waals surface area (Å²) in [6, 6.07) is 8.85. The molecular formula is C17H23N3O. The Morgan fingerprint density at radius 1 is 1.19 bits per heavy atom. The Kier molecular flexibility index (Phi) is 4.34. The number of nitrogens with zero attached hydrogens (tertiary/aromatic N) is 2. The van der Waals surface area contributed by atoms with Crippen LogP contribution in [0.3, 0.4) is 0 Å². The van der Waals surface area contributed by atoms with Crippen LogP contribution >= 0.6 is 0 Å². The molecule has 0 spiro atoms. The van der Waals surface area contributed by atoms with Crippen molar-refractivity contribution in [3.63, 3.8) is 0 Å². The highest BCUT2D eigenvalue weighted by Crippen LogP contribution is 2.33. The second-order valence-electron chi connectivity index (χ2n) is 5.79. The van der Waals surface area contributed by atoms with Gasteiger partial charge in [0, 0.05) is 11.6 Å². The molecule has 1 saturated carbocycles. The maximum absolute atomic E-state index is 5.55. The number of aryl methyl sites for hydroxylation is 1. The van der Waals surface area contributed by atoms with Crippen LogP contribution in [-0.4, -0.2) is 23.2 Å². The Balaban J connectivity index is 1.81. The predicted octanol–water partition coefficient (Wildman–Crippen LogP) is 3.54. The molecule has 112 valence electrons. The summed E-state index contributed by atoms with van der Waals surface area (Å²) in [5.41, 5.74) is 2.35. The van der Waals surface area contributed by atoms with Crippen LogP contribution in [0.5, 0.6) is 0 Å². The highest BCUT2D eigenvalue weighted by molar-refractivity contribution is 5.54. The fraction of sp³-hybridized carbons (Fsp3) is 0.529. The van der Waals surface area contributed by atoms with Crippen molar-refractivity contribution in [2.45, 2.75) is 51.0 Å². The van der Waals surface area contributed by atoms with E-state index in [4.69, 9.17) is 4.52 Å². The third kappa shape index (κ3) is 3.00. The number of benzene rings is 1. The first-order valence-electron chi connectivity index (χ1n) is 7.92. The first kappa shape index (κ1) is 14.3. The van der Waals surface area contributed by atoms with Crippen LogP contribution in [0.1, 0.15) is 50.0 Å². The molecule has 2 atom stereocenters. The van der Waals surface area contributed by atoms with Gasteiger partial charge in [-0.05, 0) is 31.9 Å². The lowest BCUT2D eigenvalue weighted by Crippen LogP contribution is -2.34. The standard InChI is InChI=1S/C17H23N3O/c1-3-12-8-10-13(11-9-12)16-19-17(21-20-16)14-6-4-5-7-15(14)18-2/h8-11,14-15,18H,3-7H2,1-2H3. The van der Waals surface area contributed by atoms with Crippen molar-refractivity contribution < 1.29 is 4.52 Å². The van der Waals surface area contributed by atoms with Gasteiger partial charge in [-0.1, -0.05) is 49.2 Å². The van der Waals surface area contributed by atoms with Gasteiger partial charge in [0.05, 0.1) is 5.92 Å². The van der Waals surface area contributed by atoms with Gasteiger partial charge >= 0.3 is 0 Å². The van der Waals surface area contributed by atoms with Crippen LogP contribution in [0.15, 0.2) is 28.8 Å². The zero-order chi connectivity index (χ0) is 14.7. The fourth-order valence-corrected chi connectivity index (χ4v) is 3.16. The third-order valence-electron chi connectivity index (χ3n) is 4.52. The van der Waals surface area contributed by atoms with E-state index in [2.05, 4.69) is 46.6 Å². The van der Waals surface area contributed by atoms with E-state index in [0.717, 1.165) is 24.3 Å². The Morgan fingerprint density at radius 2 is 1.95 bits per heavy atom. The summed E-state index contributed by atoms with van der Waals surface area (Å²) in [7, 11) is 2.02. The maximum atomic E-state index is 5.55. The van der Waals surface area contributed by atoms with Crippen LogP contribution in [0.25, 0.3) is 11.4 Å². The minimum Gasteiger partial charge on any atom is -0.339 e. The summed E-state index contributed by atoms with van der Waals surface area (Å²) in [6.07, 6.45) is 5.88. The number of hydrogen-bond donors (Lipinski definition) is 1. The van der Waals surface area contributed by atoms with E-state index in [0.29, 0.717) is 17.8 Å². The molecule has 21 heavy (non-hydrogen) atoms. The van der Waals surface area contributed by atoms with Gasteiger partial charge in [-0.15, -0.1) is 0 Å². The third-order valence-corrected chi connectivity index (χ3v) is 4.52. The average Bonchev–Trinajstić information content (AvgIpc) is 3.04. The van der Waals surface area contributed by atoms with Crippen LogP contribution in [0.2, 0.25) is 0 Å². The second-order valence-corrected chi connectivity index (χ2v) is 5.79. The maximum Gasteiger partial charge on any atom is 0.231 e. The molecule has 0 amide bonds. The number of aromatic nitrogens is 2. The molecule has 2 unspecified atom stereocenters. The zero-order valence-corrected chi connectivity index (χ0v) is 12.8. The van der Waals surface area contributed by atoms with Crippen molar-refractivity contribution in [2.24, 2.45) is 0 Å². The lowest BCUT2D eigenvalue weighted by atomic mass is 9.84. The zero-order valence-electron chi connectivity index (χ0n) is 12.8. The van der Waals surface area contributed by atoms with Gasteiger partial charge in [-0.2, -0.15) is 4.98 Å². The Labute approximate surface area is 126 Å². The molecule has 2 aromatic rings. The summed E-state index contributed by atoms with van der Waals surface area (Å²) in [6.45, 7) is 2.16. The van der Waals surface area contributed by atoms with Crippen molar-refractivity contribution in [2.75, 3.05) is 7.05 Å². The molecule has 1 N–H and O–H groups in total. The molecule has 0 bridgehead atoms. The normalized spacial score (nSPS) is 22.4. The molecule has 1 fully saturated rings. The molecule has 0 radical (unpaired) electrons. The summed E-state index contributed by atoms with van der Waals surface area (Å²) >= 11 is 0. The van der Waals surface area contributed by atoms with Crippen molar-refractivity contribution in [1.29, 1.82) is 0 Å². The molecule has 1 aliphatic carbocycles. The van der Waals surface area contributed by atoms with Gasteiger partial charge in [0.1, 0.15) is 0 Å². The molecule has 1 aromatic carbocycles. The van der Waals surface area contributed by atoms with E-state index in [9.17, 15) is 0 Å². The van der Waals surface area contributed by atoms with E-state index in [-0.39, 0.29) is 0 Å². The summed E-state index contributed by atoms with van der Waals surface area (Å²) in [4.78, 5) is 4.64. The molecule has 4 heteroatoms. The van der Waals surface area contributed by atoms with Gasteiger partial charge in [0.15, 0.2) is 0 Å². The molecular weight excluding hydrogens is 262 g/mol. The first-order valence-corrected chi connectivity index (χ1v) is 7.92. The van der Waals surface area contributed by atoms with E-state index < -0.39 is 0 Å². The largest absolute Gasteiger partial charge is 0.339 e. The highest BCUT2D eigenvalue weighted by Gasteiger charge is 2.29. The minimum atomic E-state index is 0.347. The van der Waals surface area contributed by atoms with Crippen LogP contribution < -0.4 is 5.32 Å². The van der Waals surface area contributed by atoms with E-state index in [1.807, 2.05) is 7.05 Å². The van der Waals surface area contributed by atoms with Crippen molar-refractivity contribution in [3.8, 4) is 11.4 Å². The van der Waals surface area contributed by atoms with Crippen molar-refractivity contribution in [3.05, 3.63) is 35.7 Å². The lowest BCUT2D eigenvalue weighted by molar-refractivity contribution is 0.270. The number of likely N-dealkylation sites (N-methyl/N-ethyl adjacent to an activating group) is 1. The first-order chi connectivity index (χ1) is 10.3. The van der Waals surface area contributed by atoms with E-state index >= 15 is 0 Å². The number of rotatable bonds is 4. The average molecular weight is 285 g/mol. The van der Waals surface area contributed by atoms with Gasteiger partial charge in [0.2, 0.25) is 11.7 Å². The van der Waals surface area contributed by atoms with Crippen LogP contribution in [0.4, 0.5) is 0 Å². The Morgan fingerprint density at radius 3 is 2.67 bits per heavy atom. The van der Waals surface area contributed by atoms with Gasteiger partial charge in [-0.25, -0.2) is 0 Å². The quantitative estimate of drug-likeness (QED) is 0.933. The molecule has 1 heterocycles. The lowest BCUT2D eigenvalue weighted by Gasteiger charge is -2.28. The van der Waals surface area contributed by atoms with Crippen molar-refractivity contribution in [1.82, 2.24) is 15.5 Å². The van der Waals surface area contributed by atoms with Gasteiger partial charge in [-0.3, -0.25) is 0 Å². The monoisotopic (exact) mass is 285 g/mol. The van der Waals surface area contributed by atoms with Crippen LogP contribution in [0, 0.1) is 0 Å². The Bertz CT molecular complexity index is 576. The number of hydrogen-bond acceptors (Lipinski definition) is 4. The fourth-order valence-electron chi connectivity index (χ4n) is 3.16. The van der Waals surface area contributed by atoms with Crippen LogP contribution in [-0.2, 0) is 6.42 Å². The predicted molar refractivity (Wildman–Crippen MR) is 83.2 cm³/mol. The van der Waals surface area contributed by atoms with Gasteiger partial charge < -0.3 is 9.84 Å². The molecule has 0 aliphatic heterocycles. The highest BCUT2D eigenvalue weighted by atomic mass is 16.5. The molecule has 4 nitrogen and oxygen atoms in total. The molecule has 1 aromatic heterocycles.